The van der Waals surface area contributed by atoms with E-state index in [4.69, 9.17) is 5.73 Å². The molecule has 0 aliphatic heterocycles. The van der Waals surface area contributed by atoms with E-state index < -0.39 is 0 Å². The van der Waals surface area contributed by atoms with Crippen LogP contribution in [0.2, 0.25) is 0 Å². The van der Waals surface area contributed by atoms with Gasteiger partial charge in [-0.1, -0.05) is 38.0 Å². The van der Waals surface area contributed by atoms with Gasteiger partial charge in [0.15, 0.2) is 0 Å². The Kier molecular flexibility index (Phi) is 3.87. The van der Waals surface area contributed by atoms with Crippen molar-refractivity contribution in [2.45, 2.75) is 51.4 Å². The molecule has 0 amide bonds. The fourth-order valence-electron chi connectivity index (χ4n) is 3.05. The van der Waals surface area contributed by atoms with Crippen LogP contribution in [0, 0.1) is 5.92 Å². The van der Waals surface area contributed by atoms with Crippen molar-refractivity contribution < 1.29 is 0 Å². The van der Waals surface area contributed by atoms with Gasteiger partial charge in [-0.05, 0) is 49.1 Å². The number of anilines is 1. The minimum atomic E-state index is 0.717. The zero-order chi connectivity index (χ0) is 11.4. The molecule has 1 aromatic rings. The van der Waals surface area contributed by atoms with Crippen LogP contribution in [0.3, 0.4) is 0 Å². The van der Waals surface area contributed by atoms with E-state index in [0.29, 0.717) is 5.92 Å². The van der Waals surface area contributed by atoms with E-state index in [2.05, 4.69) is 19.1 Å². The molecule has 2 N–H and O–H groups in total. The van der Waals surface area contributed by atoms with Crippen molar-refractivity contribution in [1.82, 2.24) is 0 Å². The Hall–Kier alpha value is -0.980. The van der Waals surface area contributed by atoms with E-state index in [1.807, 2.05) is 12.1 Å². The van der Waals surface area contributed by atoms with Gasteiger partial charge in [-0.25, -0.2) is 0 Å². The minimum Gasteiger partial charge on any atom is -0.398 e. The average molecular weight is 217 g/mol. The van der Waals surface area contributed by atoms with E-state index in [1.165, 1.54) is 44.1 Å². The van der Waals surface area contributed by atoms with Crippen LogP contribution in [0.15, 0.2) is 24.3 Å². The van der Waals surface area contributed by atoms with Gasteiger partial charge < -0.3 is 5.73 Å². The molecule has 0 heterocycles. The fourth-order valence-corrected chi connectivity index (χ4v) is 3.05. The molecular weight excluding hydrogens is 194 g/mol. The third kappa shape index (κ3) is 2.58. The molecule has 1 fully saturated rings. The van der Waals surface area contributed by atoms with Gasteiger partial charge in [-0.15, -0.1) is 0 Å². The lowest BCUT2D eigenvalue weighted by molar-refractivity contribution is 0.308. The minimum absolute atomic E-state index is 0.717. The first-order valence-corrected chi connectivity index (χ1v) is 6.65. The van der Waals surface area contributed by atoms with Gasteiger partial charge >= 0.3 is 0 Å². The summed E-state index contributed by atoms with van der Waals surface area (Å²) >= 11 is 0. The van der Waals surface area contributed by atoms with Crippen molar-refractivity contribution >= 4 is 5.69 Å². The lowest BCUT2D eigenvalue weighted by Crippen LogP contribution is -2.14. The first-order chi connectivity index (χ1) is 7.81. The molecule has 0 atom stereocenters. The molecule has 1 nitrogen and oxygen atoms in total. The third-order valence-corrected chi connectivity index (χ3v) is 3.98. The second kappa shape index (κ2) is 5.38. The Morgan fingerprint density at radius 1 is 1.12 bits per heavy atom. The van der Waals surface area contributed by atoms with Crippen molar-refractivity contribution in [3.8, 4) is 0 Å². The monoisotopic (exact) mass is 217 g/mol. The summed E-state index contributed by atoms with van der Waals surface area (Å²) in [5, 5.41) is 0. The van der Waals surface area contributed by atoms with Crippen LogP contribution in [0.4, 0.5) is 5.69 Å². The van der Waals surface area contributed by atoms with Crippen LogP contribution >= 0.6 is 0 Å². The van der Waals surface area contributed by atoms with Crippen molar-refractivity contribution in [2.24, 2.45) is 5.92 Å². The Morgan fingerprint density at radius 2 is 1.81 bits per heavy atom. The highest BCUT2D eigenvalue weighted by molar-refractivity contribution is 5.48. The highest BCUT2D eigenvalue weighted by atomic mass is 14.6. The van der Waals surface area contributed by atoms with Crippen LogP contribution in [-0.2, 0) is 0 Å². The summed E-state index contributed by atoms with van der Waals surface area (Å²) < 4.78 is 0. The standard InChI is InChI=1S/C15H23N/c1-2-5-12-8-10-13(11-9-12)14-6-3-4-7-15(14)16/h3-4,6-7,12-13H,2,5,8-11,16H2,1H3. The number of para-hydroxylation sites is 1. The van der Waals surface area contributed by atoms with E-state index in [9.17, 15) is 0 Å². The second-order valence-electron chi connectivity index (χ2n) is 5.14. The first kappa shape index (κ1) is 11.5. The number of hydrogen-bond acceptors (Lipinski definition) is 1. The molecule has 16 heavy (non-hydrogen) atoms. The second-order valence-corrected chi connectivity index (χ2v) is 5.14. The number of hydrogen-bond donors (Lipinski definition) is 1. The van der Waals surface area contributed by atoms with Gasteiger partial charge in [0.05, 0.1) is 0 Å². The highest BCUT2D eigenvalue weighted by Crippen LogP contribution is 2.39. The smallest absolute Gasteiger partial charge is 0.0349 e. The number of benzene rings is 1. The number of nitrogens with two attached hydrogens (primary N) is 1. The summed E-state index contributed by atoms with van der Waals surface area (Å²) in [6, 6.07) is 8.39. The molecule has 1 heteroatoms. The summed E-state index contributed by atoms with van der Waals surface area (Å²) in [6.07, 6.45) is 8.21. The summed E-state index contributed by atoms with van der Waals surface area (Å²) in [4.78, 5) is 0. The zero-order valence-electron chi connectivity index (χ0n) is 10.3. The van der Waals surface area contributed by atoms with E-state index in [1.54, 1.807) is 0 Å². The summed E-state index contributed by atoms with van der Waals surface area (Å²) in [5.41, 5.74) is 8.42. The average Bonchev–Trinajstić information content (AvgIpc) is 2.31. The van der Waals surface area contributed by atoms with Crippen molar-refractivity contribution in [2.75, 3.05) is 5.73 Å². The van der Waals surface area contributed by atoms with Gasteiger partial charge in [0.2, 0.25) is 0 Å². The predicted octanol–water partition coefficient (Wildman–Crippen LogP) is 4.34. The van der Waals surface area contributed by atoms with E-state index in [-0.39, 0.29) is 0 Å². The lowest BCUT2D eigenvalue weighted by atomic mass is 9.77. The number of rotatable bonds is 3. The van der Waals surface area contributed by atoms with Gasteiger partial charge in [0.1, 0.15) is 0 Å². The van der Waals surface area contributed by atoms with Crippen LogP contribution in [-0.4, -0.2) is 0 Å². The SMILES string of the molecule is CCCC1CCC(c2ccccc2N)CC1. The van der Waals surface area contributed by atoms with E-state index in [0.717, 1.165) is 11.6 Å². The fraction of sp³-hybridized carbons (Fsp3) is 0.600. The van der Waals surface area contributed by atoms with Crippen LogP contribution < -0.4 is 5.73 Å². The molecule has 1 saturated carbocycles. The lowest BCUT2D eigenvalue weighted by Gasteiger charge is -2.29. The van der Waals surface area contributed by atoms with Gasteiger partial charge in [0, 0.05) is 5.69 Å². The summed E-state index contributed by atoms with van der Waals surface area (Å²) in [7, 11) is 0. The molecule has 0 radical (unpaired) electrons. The predicted molar refractivity (Wildman–Crippen MR) is 70.5 cm³/mol. The maximum Gasteiger partial charge on any atom is 0.0349 e. The molecule has 0 bridgehead atoms. The Morgan fingerprint density at radius 3 is 2.44 bits per heavy atom. The topological polar surface area (TPSA) is 26.0 Å². The molecule has 1 aliphatic rings. The molecule has 0 spiro atoms. The van der Waals surface area contributed by atoms with Gasteiger partial charge in [0.25, 0.3) is 0 Å². The quantitative estimate of drug-likeness (QED) is 0.749. The highest BCUT2D eigenvalue weighted by Gasteiger charge is 2.22. The Bertz CT molecular complexity index is 324. The molecule has 0 saturated heterocycles. The summed E-state index contributed by atoms with van der Waals surface area (Å²) in [5.74, 6) is 1.69. The Balaban J connectivity index is 1.96. The molecule has 0 aromatic heterocycles. The van der Waals surface area contributed by atoms with Gasteiger partial charge in [-0.2, -0.15) is 0 Å². The van der Waals surface area contributed by atoms with Crippen molar-refractivity contribution in [3.05, 3.63) is 29.8 Å². The first-order valence-electron chi connectivity index (χ1n) is 6.65. The molecule has 1 aromatic carbocycles. The Labute approximate surface area is 99.0 Å². The molecule has 1 aliphatic carbocycles. The largest absolute Gasteiger partial charge is 0.398 e. The number of nitrogen functional groups attached to an aromatic ring is 1. The van der Waals surface area contributed by atoms with Crippen LogP contribution in [0.5, 0.6) is 0 Å². The third-order valence-electron chi connectivity index (χ3n) is 3.98. The zero-order valence-corrected chi connectivity index (χ0v) is 10.3. The van der Waals surface area contributed by atoms with Crippen molar-refractivity contribution in [3.63, 3.8) is 0 Å². The molecular formula is C15H23N. The van der Waals surface area contributed by atoms with Gasteiger partial charge in [-0.3, -0.25) is 0 Å². The molecule has 88 valence electrons. The van der Waals surface area contributed by atoms with E-state index >= 15 is 0 Å². The normalized spacial score (nSPS) is 25.6. The molecule has 0 unspecified atom stereocenters. The van der Waals surface area contributed by atoms with Crippen LogP contribution in [0.25, 0.3) is 0 Å². The van der Waals surface area contributed by atoms with Crippen molar-refractivity contribution in [1.29, 1.82) is 0 Å². The molecule has 2 rings (SSSR count). The summed E-state index contributed by atoms with van der Waals surface area (Å²) in [6.45, 7) is 2.29. The van der Waals surface area contributed by atoms with Crippen LogP contribution in [0.1, 0.15) is 56.9 Å². The maximum atomic E-state index is 6.04. The maximum absolute atomic E-state index is 6.04.